The van der Waals surface area contributed by atoms with Gasteiger partial charge in [-0.1, -0.05) is 54.6 Å². The highest BCUT2D eigenvalue weighted by Crippen LogP contribution is 2.33. The summed E-state index contributed by atoms with van der Waals surface area (Å²) in [4.78, 5) is 44.8. The van der Waals surface area contributed by atoms with E-state index >= 15 is 0 Å². The minimum Gasteiger partial charge on any atom is -0.444 e. The molecule has 1 aromatic heterocycles. The standard InChI is InChI=1S/C29H30N4O4S/c1-29(2,3)37-28(36)33-23(19-7-5-4-6-8-19)15-16-24(33)26(35)32-27-31-22(17-38-27)18-9-11-20(12-10-18)25(34)30-21-13-14-21/h4-12,15-17,21,23-24H,13-14H2,1-3H3,(H,30,34)(H,31,32,35)/t23-,24+/m1/s1. The molecule has 38 heavy (non-hydrogen) atoms. The van der Waals surface area contributed by atoms with Crippen LogP contribution in [0.25, 0.3) is 11.3 Å². The third-order valence-corrected chi connectivity index (χ3v) is 6.94. The molecule has 0 radical (unpaired) electrons. The van der Waals surface area contributed by atoms with E-state index in [1.54, 1.807) is 39.0 Å². The van der Waals surface area contributed by atoms with Crippen LogP contribution < -0.4 is 10.6 Å². The van der Waals surface area contributed by atoms with Crippen LogP contribution in [0.2, 0.25) is 0 Å². The van der Waals surface area contributed by atoms with Crippen LogP contribution in [0.4, 0.5) is 9.93 Å². The van der Waals surface area contributed by atoms with Gasteiger partial charge in [-0.3, -0.25) is 19.8 Å². The Morgan fingerprint density at radius 1 is 1.00 bits per heavy atom. The van der Waals surface area contributed by atoms with Crippen molar-refractivity contribution in [1.82, 2.24) is 15.2 Å². The number of hydrogen-bond acceptors (Lipinski definition) is 6. The lowest BCUT2D eigenvalue weighted by molar-refractivity contribution is -0.119. The first kappa shape index (κ1) is 25.7. The summed E-state index contributed by atoms with van der Waals surface area (Å²) in [6, 6.07) is 15.8. The molecule has 1 aliphatic carbocycles. The molecule has 2 heterocycles. The van der Waals surface area contributed by atoms with Crippen molar-refractivity contribution in [2.45, 2.75) is 57.3 Å². The maximum absolute atomic E-state index is 13.3. The Morgan fingerprint density at radius 3 is 2.37 bits per heavy atom. The van der Waals surface area contributed by atoms with Crippen LogP contribution in [0.5, 0.6) is 0 Å². The normalized spacial score (nSPS) is 18.8. The Bertz CT molecular complexity index is 1360. The number of ether oxygens (including phenoxy) is 1. The monoisotopic (exact) mass is 530 g/mol. The molecule has 2 N–H and O–H groups in total. The van der Waals surface area contributed by atoms with Gasteiger partial charge in [0.2, 0.25) is 0 Å². The molecule has 2 aliphatic rings. The van der Waals surface area contributed by atoms with E-state index in [-0.39, 0.29) is 11.8 Å². The summed E-state index contributed by atoms with van der Waals surface area (Å²) in [7, 11) is 0. The predicted octanol–water partition coefficient (Wildman–Crippen LogP) is 5.56. The zero-order valence-corrected chi connectivity index (χ0v) is 22.3. The molecule has 196 valence electrons. The maximum atomic E-state index is 13.3. The summed E-state index contributed by atoms with van der Waals surface area (Å²) in [5.74, 6) is -0.447. The minimum atomic E-state index is -0.855. The van der Waals surface area contributed by atoms with Crippen molar-refractivity contribution < 1.29 is 19.1 Å². The topological polar surface area (TPSA) is 101 Å². The van der Waals surface area contributed by atoms with Crippen molar-refractivity contribution in [3.8, 4) is 11.3 Å². The first-order valence-electron chi connectivity index (χ1n) is 12.6. The Labute approximate surface area is 225 Å². The summed E-state index contributed by atoms with van der Waals surface area (Å²) in [5, 5.41) is 8.10. The van der Waals surface area contributed by atoms with Gasteiger partial charge in [-0.15, -0.1) is 11.3 Å². The Hall–Kier alpha value is -3.98. The van der Waals surface area contributed by atoms with E-state index in [0.717, 1.165) is 24.0 Å². The summed E-state index contributed by atoms with van der Waals surface area (Å²) in [5.41, 5.74) is 2.31. The number of benzene rings is 2. The van der Waals surface area contributed by atoms with E-state index in [0.29, 0.717) is 22.4 Å². The van der Waals surface area contributed by atoms with Gasteiger partial charge in [0, 0.05) is 22.5 Å². The SMILES string of the molecule is CC(C)(C)OC(=O)N1[C@@H](c2ccccc2)C=C[C@H]1C(=O)Nc1nc(-c2ccc(C(=O)NC3CC3)cc2)cs1. The highest BCUT2D eigenvalue weighted by Gasteiger charge is 2.40. The third-order valence-electron chi connectivity index (χ3n) is 6.18. The average molecular weight is 531 g/mol. The number of nitrogens with zero attached hydrogens (tertiary/aromatic N) is 2. The first-order chi connectivity index (χ1) is 18.2. The van der Waals surface area contributed by atoms with Crippen molar-refractivity contribution in [2.75, 3.05) is 5.32 Å². The molecule has 2 aromatic carbocycles. The number of carbonyl (C=O) groups excluding carboxylic acids is 3. The molecule has 0 saturated heterocycles. The van der Waals surface area contributed by atoms with Crippen LogP contribution >= 0.6 is 11.3 Å². The second kappa shape index (κ2) is 10.4. The number of rotatable bonds is 6. The zero-order valence-electron chi connectivity index (χ0n) is 21.5. The predicted molar refractivity (Wildman–Crippen MR) is 147 cm³/mol. The van der Waals surface area contributed by atoms with Gasteiger partial charge < -0.3 is 10.1 Å². The van der Waals surface area contributed by atoms with Crippen molar-refractivity contribution in [1.29, 1.82) is 0 Å². The number of anilines is 1. The lowest BCUT2D eigenvalue weighted by Crippen LogP contribution is -2.46. The van der Waals surface area contributed by atoms with Gasteiger partial charge in [0.05, 0.1) is 11.7 Å². The van der Waals surface area contributed by atoms with Crippen LogP contribution in [0.3, 0.4) is 0 Å². The van der Waals surface area contributed by atoms with E-state index in [1.165, 1.54) is 16.2 Å². The lowest BCUT2D eigenvalue weighted by atomic mass is 10.1. The fourth-order valence-corrected chi connectivity index (χ4v) is 4.90. The maximum Gasteiger partial charge on any atom is 0.411 e. The van der Waals surface area contributed by atoms with Crippen LogP contribution in [-0.2, 0) is 9.53 Å². The van der Waals surface area contributed by atoms with Gasteiger partial charge in [-0.25, -0.2) is 9.78 Å². The van der Waals surface area contributed by atoms with Crippen LogP contribution in [-0.4, -0.2) is 45.5 Å². The third kappa shape index (κ3) is 5.94. The molecule has 8 nitrogen and oxygen atoms in total. The van der Waals surface area contributed by atoms with Gasteiger partial charge in [-0.05, 0) is 51.3 Å². The molecular formula is C29H30N4O4S. The van der Waals surface area contributed by atoms with E-state index in [2.05, 4.69) is 15.6 Å². The Morgan fingerprint density at radius 2 is 1.71 bits per heavy atom. The molecule has 5 rings (SSSR count). The lowest BCUT2D eigenvalue weighted by Gasteiger charge is -2.32. The largest absolute Gasteiger partial charge is 0.444 e. The summed E-state index contributed by atoms with van der Waals surface area (Å²) in [6.45, 7) is 5.39. The van der Waals surface area contributed by atoms with Gasteiger partial charge in [0.25, 0.3) is 11.8 Å². The van der Waals surface area contributed by atoms with Crippen molar-refractivity contribution in [3.63, 3.8) is 0 Å². The van der Waals surface area contributed by atoms with Gasteiger partial charge in [-0.2, -0.15) is 0 Å². The molecule has 0 spiro atoms. The van der Waals surface area contributed by atoms with Crippen molar-refractivity contribution in [2.24, 2.45) is 0 Å². The summed E-state index contributed by atoms with van der Waals surface area (Å²) in [6.07, 6.45) is 5.07. The summed E-state index contributed by atoms with van der Waals surface area (Å²) < 4.78 is 5.64. The minimum absolute atomic E-state index is 0.0711. The van der Waals surface area contributed by atoms with E-state index < -0.39 is 23.8 Å². The second-order valence-electron chi connectivity index (χ2n) is 10.4. The molecule has 9 heteroatoms. The fourth-order valence-electron chi connectivity index (χ4n) is 4.18. The van der Waals surface area contributed by atoms with E-state index in [1.807, 2.05) is 53.9 Å². The van der Waals surface area contributed by atoms with Gasteiger partial charge in [0.1, 0.15) is 11.6 Å². The quantitative estimate of drug-likeness (QED) is 0.407. The molecular weight excluding hydrogens is 500 g/mol. The molecule has 1 aliphatic heterocycles. The smallest absolute Gasteiger partial charge is 0.411 e. The molecule has 3 aromatic rings. The molecule has 0 bridgehead atoms. The number of thiazole rings is 1. The van der Waals surface area contributed by atoms with E-state index in [4.69, 9.17) is 4.74 Å². The Balaban J connectivity index is 1.29. The van der Waals surface area contributed by atoms with Crippen LogP contribution in [0.1, 0.15) is 55.6 Å². The molecule has 2 atom stereocenters. The highest BCUT2D eigenvalue weighted by molar-refractivity contribution is 7.14. The van der Waals surface area contributed by atoms with Gasteiger partial charge in [0.15, 0.2) is 5.13 Å². The highest BCUT2D eigenvalue weighted by atomic mass is 32.1. The summed E-state index contributed by atoms with van der Waals surface area (Å²) >= 11 is 1.29. The number of aromatic nitrogens is 1. The number of nitrogens with one attached hydrogen (secondary N) is 2. The van der Waals surface area contributed by atoms with Crippen molar-refractivity contribution >= 4 is 34.4 Å². The Kier molecular flexibility index (Phi) is 7.03. The molecule has 1 fully saturated rings. The number of hydrogen-bond donors (Lipinski definition) is 2. The van der Waals surface area contributed by atoms with Crippen LogP contribution in [0, 0.1) is 0 Å². The molecule has 0 unspecified atom stereocenters. The second-order valence-corrected chi connectivity index (χ2v) is 11.3. The first-order valence-corrected chi connectivity index (χ1v) is 13.5. The fraction of sp³-hybridized carbons (Fsp3) is 0.310. The number of carbonyl (C=O) groups is 3. The molecule has 1 saturated carbocycles. The number of amides is 3. The average Bonchev–Trinajstić information content (AvgIpc) is 3.38. The van der Waals surface area contributed by atoms with Crippen LogP contribution in [0.15, 0.2) is 72.1 Å². The van der Waals surface area contributed by atoms with Gasteiger partial charge >= 0.3 is 6.09 Å². The van der Waals surface area contributed by atoms with Crippen molar-refractivity contribution in [3.05, 3.63) is 83.3 Å². The zero-order chi connectivity index (χ0) is 26.9. The van der Waals surface area contributed by atoms with E-state index in [9.17, 15) is 14.4 Å². The molecule has 3 amide bonds.